The number of carbonyl (C=O) groups excluding carboxylic acids is 2. The minimum absolute atomic E-state index is 0.0282. The van der Waals surface area contributed by atoms with Gasteiger partial charge in [0.05, 0.1) is 12.7 Å². The summed E-state index contributed by atoms with van der Waals surface area (Å²) in [6.07, 6.45) is 4.52. The van der Waals surface area contributed by atoms with Gasteiger partial charge in [-0.2, -0.15) is 0 Å². The summed E-state index contributed by atoms with van der Waals surface area (Å²) in [5, 5.41) is 2.77. The summed E-state index contributed by atoms with van der Waals surface area (Å²) >= 11 is 0. The van der Waals surface area contributed by atoms with E-state index >= 15 is 0 Å². The molecule has 174 valence electrons. The van der Waals surface area contributed by atoms with Crippen LogP contribution in [0.4, 0.5) is 0 Å². The molecule has 2 atom stereocenters. The maximum atomic E-state index is 13.0. The van der Waals surface area contributed by atoms with Gasteiger partial charge in [-0.3, -0.25) is 4.79 Å². The van der Waals surface area contributed by atoms with Crippen LogP contribution in [0.3, 0.4) is 0 Å². The fourth-order valence-electron chi connectivity index (χ4n) is 3.48. The van der Waals surface area contributed by atoms with Crippen molar-refractivity contribution in [2.45, 2.75) is 76.3 Å². The topological polar surface area (TPSA) is 111 Å². The number of hydrogen-bond acceptors (Lipinski definition) is 6. The maximum absolute atomic E-state index is 13.0. The molecule has 1 fully saturated rings. The van der Waals surface area contributed by atoms with Crippen LogP contribution in [0.5, 0.6) is 5.75 Å². The van der Waals surface area contributed by atoms with Gasteiger partial charge >= 0.3 is 5.97 Å². The smallest absolute Gasteiger partial charge is 0.338 e. The van der Waals surface area contributed by atoms with Crippen molar-refractivity contribution < 1.29 is 27.5 Å². The number of esters is 1. The lowest BCUT2D eigenvalue weighted by atomic mass is 9.87. The van der Waals surface area contributed by atoms with Gasteiger partial charge < -0.3 is 14.8 Å². The van der Waals surface area contributed by atoms with E-state index in [-0.39, 0.29) is 28.2 Å². The molecule has 2 N–H and O–H groups in total. The molecule has 31 heavy (non-hydrogen) atoms. The van der Waals surface area contributed by atoms with Gasteiger partial charge in [0, 0.05) is 11.6 Å². The molecular weight excluding hydrogens is 420 g/mol. The highest BCUT2D eigenvalue weighted by Gasteiger charge is 2.29. The van der Waals surface area contributed by atoms with E-state index in [1.165, 1.54) is 25.3 Å². The van der Waals surface area contributed by atoms with E-state index in [0.29, 0.717) is 0 Å². The van der Waals surface area contributed by atoms with Crippen molar-refractivity contribution in [1.29, 1.82) is 0 Å². The Morgan fingerprint density at radius 2 is 1.87 bits per heavy atom. The summed E-state index contributed by atoms with van der Waals surface area (Å²) < 4.78 is 39.2. The zero-order valence-electron chi connectivity index (χ0n) is 19.0. The zero-order valence-corrected chi connectivity index (χ0v) is 19.8. The Hall–Kier alpha value is -2.13. The molecule has 1 amide bonds. The van der Waals surface area contributed by atoms with Gasteiger partial charge in [-0.05, 0) is 57.2 Å². The molecule has 0 aliphatic heterocycles. The Bertz CT molecular complexity index is 897. The van der Waals surface area contributed by atoms with Gasteiger partial charge in [0.2, 0.25) is 10.0 Å². The van der Waals surface area contributed by atoms with Gasteiger partial charge in [-0.25, -0.2) is 17.9 Å². The Morgan fingerprint density at radius 3 is 2.48 bits per heavy atom. The second kappa shape index (κ2) is 10.5. The van der Waals surface area contributed by atoms with Crippen molar-refractivity contribution in [2.24, 2.45) is 5.92 Å². The Balaban J connectivity index is 2.15. The van der Waals surface area contributed by atoms with Crippen molar-refractivity contribution in [3.05, 3.63) is 23.8 Å². The molecule has 1 aliphatic rings. The second-order valence-corrected chi connectivity index (χ2v) is 10.4. The zero-order chi connectivity index (χ0) is 23.2. The quantitative estimate of drug-likeness (QED) is 0.555. The first-order valence-corrected chi connectivity index (χ1v) is 12.2. The first-order chi connectivity index (χ1) is 14.5. The van der Waals surface area contributed by atoms with E-state index in [0.717, 1.165) is 32.1 Å². The number of carbonyl (C=O) groups is 2. The lowest BCUT2D eigenvalue weighted by Gasteiger charge is -2.29. The minimum Gasteiger partial charge on any atom is -0.495 e. The van der Waals surface area contributed by atoms with E-state index < -0.39 is 34.0 Å². The molecule has 0 bridgehead atoms. The average Bonchev–Trinajstić information content (AvgIpc) is 2.72. The van der Waals surface area contributed by atoms with Gasteiger partial charge in [0.1, 0.15) is 10.6 Å². The molecular formula is C22H34N2O6S. The lowest BCUT2D eigenvalue weighted by Crippen LogP contribution is -2.44. The number of nitrogens with one attached hydrogen (secondary N) is 2. The summed E-state index contributed by atoms with van der Waals surface area (Å²) in [6.45, 7) is 7.26. The van der Waals surface area contributed by atoms with Crippen LogP contribution in [0, 0.1) is 5.92 Å². The number of amides is 1. The van der Waals surface area contributed by atoms with E-state index in [1.807, 2.05) is 27.7 Å². The third-order valence-electron chi connectivity index (χ3n) is 5.80. The maximum Gasteiger partial charge on any atom is 0.338 e. The molecule has 8 nitrogen and oxygen atoms in total. The highest BCUT2D eigenvalue weighted by Crippen LogP contribution is 2.29. The van der Waals surface area contributed by atoms with Gasteiger partial charge in [0.25, 0.3) is 5.91 Å². The fourth-order valence-corrected chi connectivity index (χ4v) is 5.06. The summed E-state index contributed by atoms with van der Waals surface area (Å²) in [6, 6.07) is 3.89. The Labute approximate surface area is 185 Å². The molecule has 1 aromatic carbocycles. The minimum atomic E-state index is -3.91. The largest absolute Gasteiger partial charge is 0.495 e. The molecule has 1 aliphatic carbocycles. The summed E-state index contributed by atoms with van der Waals surface area (Å²) in [5.41, 5.74) is -0.382. The van der Waals surface area contributed by atoms with Crippen molar-refractivity contribution in [3.8, 4) is 5.75 Å². The van der Waals surface area contributed by atoms with Crippen LogP contribution < -0.4 is 14.8 Å². The molecule has 9 heteroatoms. The summed E-state index contributed by atoms with van der Waals surface area (Å²) in [7, 11) is -2.54. The summed E-state index contributed by atoms with van der Waals surface area (Å²) in [5.74, 6) is -0.840. The molecule has 2 rings (SSSR count). The van der Waals surface area contributed by atoms with Gasteiger partial charge in [-0.1, -0.05) is 26.7 Å². The molecule has 1 saturated carbocycles. The number of benzene rings is 1. The van der Waals surface area contributed by atoms with Crippen LogP contribution in [0.1, 0.15) is 70.2 Å². The van der Waals surface area contributed by atoms with E-state index in [2.05, 4.69) is 10.0 Å². The first kappa shape index (κ1) is 25.1. The van der Waals surface area contributed by atoms with Crippen molar-refractivity contribution in [2.75, 3.05) is 13.7 Å². The van der Waals surface area contributed by atoms with E-state index in [4.69, 9.17) is 9.47 Å². The SMILES string of the molecule is CCC(C)(C)NC(=O)COC(=O)c1ccc(OC)c(S(=O)(=O)NC2CCCCC2C)c1. The van der Waals surface area contributed by atoms with E-state index in [1.54, 1.807) is 0 Å². The standard InChI is InChI=1S/C22H34N2O6S/c1-6-22(3,4)23-20(25)14-30-21(26)16-11-12-18(29-5)19(13-16)31(27,28)24-17-10-8-7-9-15(17)2/h11-13,15,17,24H,6-10,14H2,1-5H3,(H,23,25). The number of hydrogen-bond donors (Lipinski definition) is 2. The van der Waals surface area contributed by atoms with Crippen molar-refractivity contribution >= 4 is 21.9 Å². The highest BCUT2D eigenvalue weighted by molar-refractivity contribution is 7.89. The predicted molar refractivity (Wildman–Crippen MR) is 118 cm³/mol. The number of methoxy groups -OCH3 is 1. The molecule has 2 unspecified atom stereocenters. The molecule has 0 aromatic heterocycles. The number of sulfonamides is 1. The van der Waals surface area contributed by atoms with Crippen LogP contribution in [-0.4, -0.2) is 45.6 Å². The predicted octanol–water partition coefficient (Wildman–Crippen LogP) is 3.01. The average molecular weight is 455 g/mol. The van der Waals surface area contributed by atoms with Crippen LogP contribution in [0.25, 0.3) is 0 Å². The first-order valence-electron chi connectivity index (χ1n) is 10.7. The van der Waals surface area contributed by atoms with Crippen LogP contribution in [0.15, 0.2) is 23.1 Å². The second-order valence-electron chi connectivity index (χ2n) is 8.72. The number of rotatable bonds is 9. The van der Waals surface area contributed by atoms with Crippen LogP contribution in [-0.2, 0) is 19.6 Å². The highest BCUT2D eigenvalue weighted by atomic mass is 32.2. The van der Waals surface area contributed by atoms with Crippen LogP contribution in [0.2, 0.25) is 0 Å². The van der Waals surface area contributed by atoms with Crippen molar-refractivity contribution in [1.82, 2.24) is 10.0 Å². The third-order valence-corrected chi connectivity index (χ3v) is 7.31. The normalized spacial score (nSPS) is 19.5. The van der Waals surface area contributed by atoms with Crippen molar-refractivity contribution in [3.63, 3.8) is 0 Å². The number of ether oxygens (including phenoxy) is 2. The third kappa shape index (κ3) is 6.93. The Morgan fingerprint density at radius 1 is 1.19 bits per heavy atom. The molecule has 0 heterocycles. The summed E-state index contributed by atoms with van der Waals surface area (Å²) in [4.78, 5) is 24.3. The van der Waals surface area contributed by atoms with Gasteiger partial charge in [0.15, 0.2) is 6.61 Å². The molecule has 1 aromatic rings. The molecule has 0 saturated heterocycles. The monoisotopic (exact) mass is 454 g/mol. The van der Waals surface area contributed by atoms with Gasteiger partial charge in [-0.15, -0.1) is 0 Å². The van der Waals surface area contributed by atoms with E-state index in [9.17, 15) is 18.0 Å². The lowest BCUT2D eigenvalue weighted by molar-refractivity contribution is -0.125. The molecule has 0 radical (unpaired) electrons. The fraction of sp³-hybridized carbons (Fsp3) is 0.636. The van der Waals surface area contributed by atoms with Crippen LogP contribution >= 0.6 is 0 Å². The Kier molecular flexibility index (Phi) is 8.48. The molecule has 0 spiro atoms.